The van der Waals surface area contributed by atoms with Crippen molar-refractivity contribution in [3.8, 4) is 0 Å². The molecule has 0 radical (unpaired) electrons. The fourth-order valence-corrected chi connectivity index (χ4v) is 2.53. The van der Waals surface area contributed by atoms with Gasteiger partial charge < -0.3 is 4.90 Å². The molecule has 1 aliphatic rings. The topological polar surface area (TPSA) is 38.1 Å². The standard InChI is InChI=1S/C12H18ClN3O/c1-9-10(13)11(15(2)14-9)12(17)16-7-5-3-4-6-8-16/h3-8H2,1-2H3. The van der Waals surface area contributed by atoms with E-state index in [4.69, 9.17) is 11.6 Å². The molecule has 1 aromatic heterocycles. The van der Waals surface area contributed by atoms with E-state index in [1.165, 1.54) is 12.8 Å². The van der Waals surface area contributed by atoms with Crippen molar-refractivity contribution in [1.29, 1.82) is 0 Å². The van der Waals surface area contributed by atoms with Crippen molar-refractivity contribution in [1.82, 2.24) is 14.7 Å². The Hall–Kier alpha value is -1.03. The highest BCUT2D eigenvalue weighted by molar-refractivity contribution is 6.34. The molecule has 1 aliphatic heterocycles. The van der Waals surface area contributed by atoms with Gasteiger partial charge in [0, 0.05) is 20.1 Å². The lowest BCUT2D eigenvalue weighted by molar-refractivity contribution is 0.0751. The van der Waals surface area contributed by atoms with E-state index in [-0.39, 0.29) is 5.91 Å². The number of aromatic nitrogens is 2. The summed E-state index contributed by atoms with van der Waals surface area (Å²) >= 11 is 6.14. The second-order valence-corrected chi connectivity index (χ2v) is 4.96. The quantitative estimate of drug-likeness (QED) is 0.773. The summed E-state index contributed by atoms with van der Waals surface area (Å²) in [6.45, 7) is 3.49. The van der Waals surface area contributed by atoms with E-state index >= 15 is 0 Å². The number of carbonyl (C=O) groups excluding carboxylic acids is 1. The molecule has 4 nitrogen and oxygen atoms in total. The first kappa shape index (κ1) is 12.4. The normalized spacial score (nSPS) is 17.0. The number of amides is 1. The van der Waals surface area contributed by atoms with Crippen molar-refractivity contribution >= 4 is 17.5 Å². The highest BCUT2D eigenvalue weighted by Gasteiger charge is 2.24. The molecule has 0 atom stereocenters. The molecule has 0 unspecified atom stereocenters. The van der Waals surface area contributed by atoms with Crippen LogP contribution in [0.4, 0.5) is 0 Å². The summed E-state index contributed by atoms with van der Waals surface area (Å²) in [5.74, 6) is 0.0139. The smallest absolute Gasteiger partial charge is 0.273 e. The zero-order valence-corrected chi connectivity index (χ0v) is 11.1. The molecule has 5 heteroatoms. The molecule has 1 fully saturated rings. The van der Waals surface area contributed by atoms with Crippen LogP contribution in [0.25, 0.3) is 0 Å². The van der Waals surface area contributed by atoms with Crippen LogP contribution in [-0.4, -0.2) is 33.7 Å². The van der Waals surface area contributed by atoms with E-state index < -0.39 is 0 Å². The predicted molar refractivity (Wildman–Crippen MR) is 67.3 cm³/mol. The summed E-state index contributed by atoms with van der Waals surface area (Å²) in [6, 6.07) is 0. The molecule has 1 saturated heterocycles. The molecule has 0 aliphatic carbocycles. The lowest BCUT2D eigenvalue weighted by Gasteiger charge is -2.20. The lowest BCUT2D eigenvalue weighted by Crippen LogP contribution is -2.33. The van der Waals surface area contributed by atoms with Crippen molar-refractivity contribution in [2.24, 2.45) is 7.05 Å². The monoisotopic (exact) mass is 255 g/mol. The Kier molecular flexibility index (Phi) is 3.72. The fraction of sp³-hybridized carbons (Fsp3) is 0.667. The average molecular weight is 256 g/mol. The van der Waals surface area contributed by atoms with Gasteiger partial charge in [0.15, 0.2) is 0 Å². The molecule has 0 aromatic carbocycles. The maximum Gasteiger partial charge on any atom is 0.273 e. The summed E-state index contributed by atoms with van der Waals surface area (Å²) in [5, 5.41) is 4.67. The minimum Gasteiger partial charge on any atom is -0.337 e. The SMILES string of the molecule is Cc1nn(C)c(C(=O)N2CCCCCC2)c1Cl. The number of hydrogen-bond acceptors (Lipinski definition) is 2. The van der Waals surface area contributed by atoms with E-state index in [1.54, 1.807) is 11.7 Å². The van der Waals surface area contributed by atoms with Gasteiger partial charge in [0.2, 0.25) is 0 Å². The predicted octanol–water partition coefficient (Wildman–Crippen LogP) is 2.40. The minimum absolute atomic E-state index is 0.0139. The molecule has 1 amide bonds. The maximum atomic E-state index is 12.4. The molecule has 2 rings (SSSR count). The second-order valence-electron chi connectivity index (χ2n) is 4.58. The molecular weight excluding hydrogens is 238 g/mol. The van der Waals surface area contributed by atoms with Crippen LogP contribution in [0.3, 0.4) is 0 Å². The number of nitrogens with zero attached hydrogens (tertiary/aromatic N) is 3. The first-order valence-corrected chi connectivity index (χ1v) is 6.47. The Morgan fingerprint density at radius 2 is 1.82 bits per heavy atom. The van der Waals surface area contributed by atoms with Crippen LogP contribution in [0, 0.1) is 6.92 Å². The van der Waals surface area contributed by atoms with E-state index in [0.717, 1.165) is 25.9 Å². The first-order chi connectivity index (χ1) is 8.11. The Balaban J connectivity index is 2.23. The fourth-order valence-electron chi connectivity index (χ4n) is 2.29. The van der Waals surface area contributed by atoms with Gasteiger partial charge in [-0.3, -0.25) is 9.48 Å². The van der Waals surface area contributed by atoms with E-state index in [2.05, 4.69) is 5.10 Å². The molecule has 0 spiro atoms. The lowest BCUT2D eigenvalue weighted by atomic mass is 10.2. The maximum absolute atomic E-state index is 12.4. The average Bonchev–Trinajstić information content (AvgIpc) is 2.52. The molecule has 17 heavy (non-hydrogen) atoms. The van der Waals surface area contributed by atoms with E-state index in [1.807, 2.05) is 11.8 Å². The van der Waals surface area contributed by atoms with Crippen LogP contribution >= 0.6 is 11.6 Å². The van der Waals surface area contributed by atoms with Crippen molar-refractivity contribution in [3.63, 3.8) is 0 Å². The van der Waals surface area contributed by atoms with Crippen LogP contribution < -0.4 is 0 Å². The number of likely N-dealkylation sites (tertiary alicyclic amines) is 1. The van der Waals surface area contributed by atoms with Crippen molar-refractivity contribution in [3.05, 3.63) is 16.4 Å². The molecule has 0 saturated carbocycles. The van der Waals surface area contributed by atoms with Crippen molar-refractivity contribution < 1.29 is 4.79 Å². The number of rotatable bonds is 1. The number of halogens is 1. The highest BCUT2D eigenvalue weighted by Crippen LogP contribution is 2.22. The Labute approximate surface area is 107 Å². The van der Waals surface area contributed by atoms with E-state index in [9.17, 15) is 4.79 Å². The summed E-state index contributed by atoms with van der Waals surface area (Å²) in [7, 11) is 1.77. The van der Waals surface area contributed by atoms with Gasteiger partial charge in [-0.15, -0.1) is 0 Å². The number of aryl methyl sites for hydroxylation is 2. The van der Waals surface area contributed by atoms with E-state index in [0.29, 0.717) is 16.4 Å². The third-order valence-corrected chi connectivity index (χ3v) is 3.70. The Morgan fingerprint density at radius 3 is 2.29 bits per heavy atom. The van der Waals surface area contributed by atoms with Crippen molar-refractivity contribution in [2.45, 2.75) is 32.6 Å². The molecule has 94 valence electrons. The van der Waals surface area contributed by atoms with Crippen LogP contribution in [0.15, 0.2) is 0 Å². The molecule has 2 heterocycles. The summed E-state index contributed by atoms with van der Waals surface area (Å²) in [6.07, 6.45) is 4.59. The summed E-state index contributed by atoms with van der Waals surface area (Å²) < 4.78 is 1.59. The zero-order chi connectivity index (χ0) is 12.4. The molecular formula is C12H18ClN3O. The van der Waals surface area contributed by atoms with Crippen LogP contribution in [0.1, 0.15) is 41.9 Å². The van der Waals surface area contributed by atoms with Crippen LogP contribution in [-0.2, 0) is 7.05 Å². The summed E-state index contributed by atoms with van der Waals surface area (Å²) in [5.41, 5.74) is 1.23. The van der Waals surface area contributed by atoms with Gasteiger partial charge in [-0.05, 0) is 19.8 Å². The molecule has 1 aromatic rings. The minimum atomic E-state index is 0.0139. The van der Waals surface area contributed by atoms with Crippen molar-refractivity contribution in [2.75, 3.05) is 13.1 Å². The molecule has 0 N–H and O–H groups in total. The van der Waals surface area contributed by atoms with Crippen LogP contribution in [0.2, 0.25) is 5.02 Å². The number of carbonyl (C=O) groups is 1. The van der Waals surface area contributed by atoms with Gasteiger partial charge in [-0.25, -0.2) is 0 Å². The Morgan fingerprint density at radius 1 is 1.24 bits per heavy atom. The zero-order valence-electron chi connectivity index (χ0n) is 10.4. The largest absolute Gasteiger partial charge is 0.337 e. The third-order valence-electron chi connectivity index (χ3n) is 3.25. The first-order valence-electron chi connectivity index (χ1n) is 6.09. The van der Waals surface area contributed by atoms with Gasteiger partial charge in [0.1, 0.15) is 5.69 Å². The third kappa shape index (κ3) is 2.46. The number of hydrogen-bond donors (Lipinski definition) is 0. The van der Waals surface area contributed by atoms with Gasteiger partial charge in [-0.1, -0.05) is 24.4 Å². The molecule has 0 bridgehead atoms. The second kappa shape index (κ2) is 5.08. The van der Waals surface area contributed by atoms with Gasteiger partial charge in [0.25, 0.3) is 5.91 Å². The van der Waals surface area contributed by atoms with Gasteiger partial charge in [0.05, 0.1) is 10.7 Å². The van der Waals surface area contributed by atoms with Gasteiger partial charge >= 0.3 is 0 Å². The Bertz CT molecular complexity index is 420. The van der Waals surface area contributed by atoms with Crippen LogP contribution in [0.5, 0.6) is 0 Å². The summed E-state index contributed by atoms with van der Waals surface area (Å²) in [4.78, 5) is 14.3. The van der Waals surface area contributed by atoms with Gasteiger partial charge in [-0.2, -0.15) is 5.10 Å². The highest BCUT2D eigenvalue weighted by atomic mass is 35.5.